The monoisotopic (exact) mass is 385 g/mol. The lowest BCUT2D eigenvalue weighted by Gasteiger charge is -2.25. The van der Waals surface area contributed by atoms with Crippen LogP contribution in [-0.2, 0) is 11.3 Å². The Kier molecular flexibility index (Phi) is 4.86. The number of benzene rings is 2. The van der Waals surface area contributed by atoms with Crippen LogP contribution in [0.1, 0.15) is 21.7 Å². The summed E-state index contributed by atoms with van der Waals surface area (Å²) in [6, 6.07) is 9.30. The van der Waals surface area contributed by atoms with Crippen molar-refractivity contribution in [1.29, 1.82) is 0 Å². The fourth-order valence-corrected chi connectivity index (χ4v) is 3.73. The van der Waals surface area contributed by atoms with Gasteiger partial charge in [-0.1, -0.05) is 23.7 Å². The fraction of sp³-hybridized carbons (Fsp3) is 0.300. The van der Waals surface area contributed by atoms with Crippen molar-refractivity contribution in [3.05, 3.63) is 52.3 Å². The summed E-state index contributed by atoms with van der Waals surface area (Å²) in [5, 5.41) is 10.3. The van der Waals surface area contributed by atoms with Gasteiger partial charge < -0.3 is 14.8 Å². The number of nitrogens with one attached hydrogen (secondary N) is 1. The zero-order valence-corrected chi connectivity index (χ0v) is 15.7. The molecule has 0 amide bonds. The highest BCUT2D eigenvalue weighted by Crippen LogP contribution is 2.32. The van der Waals surface area contributed by atoms with E-state index in [4.69, 9.17) is 16.3 Å². The first-order valence-electron chi connectivity index (χ1n) is 8.84. The van der Waals surface area contributed by atoms with Gasteiger partial charge in [0.05, 0.1) is 30.8 Å². The third-order valence-corrected chi connectivity index (χ3v) is 5.09. The van der Waals surface area contributed by atoms with Gasteiger partial charge in [-0.3, -0.25) is 4.90 Å². The van der Waals surface area contributed by atoms with E-state index in [0.29, 0.717) is 35.8 Å². The highest BCUT2D eigenvalue weighted by Gasteiger charge is 2.18. The molecule has 1 aromatic heterocycles. The number of nitrogens with zero attached hydrogens (tertiary/aromatic N) is 2. The van der Waals surface area contributed by atoms with Gasteiger partial charge in [0.1, 0.15) is 11.3 Å². The maximum atomic E-state index is 11.8. The van der Waals surface area contributed by atoms with Crippen molar-refractivity contribution in [3.8, 4) is 11.1 Å². The Morgan fingerprint density at radius 3 is 2.78 bits per heavy atom. The average molecular weight is 386 g/mol. The standard InChI is InChI=1S/C20H20ClN3O3/c1-12-2-3-14(16(21)8-12)13-9-15(20(25)26)19-17(10-13)22-18(23-19)11-24-4-6-27-7-5-24/h2-3,8-10H,4-7,11H2,1H3,(H,22,23)(H,25,26). The second kappa shape index (κ2) is 7.31. The molecule has 2 N–H and O–H groups in total. The summed E-state index contributed by atoms with van der Waals surface area (Å²) in [4.78, 5) is 21.9. The van der Waals surface area contributed by atoms with E-state index in [1.165, 1.54) is 0 Å². The normalized spacial score (nSPS) is 15.3. The third kappa shape index (κ3) is 3.69. The van der Waals surface area contributed by atoms with Gasteiger partial charge in [-0.2, -0.15) is 0 Å². The number of fused-ring (bicyclic) bond motifs is 1. The Labute approximate surface area is 161 Å². The minimum atomic E-state index is -1.01. The molecule has 0 atom stereocenters. The number of hydrogen-bond donors (Lipinski definition) is 2. The van der Waals surface area contributed by atoms with Gasteiger partial charge >= 0.3 is 5.97 Å². The number of ether oxygens (including phenoxy) is 1. The Morgan fingerprint density at radius 1 is 1.30 bits per heavy atom. The summed E-state index contributed by atoms with van der Waals surface area (Å²) in [6.45, 7) is 5.69. The molecule has 0 unspecified atom stereocenters. The second-order valence-electron chi connectivity index (χ2n) is 6.78. The van der Waals surface area contributed by atoms with Crippen LogP contribution in [0.3, 0.4) is 0 Å². The number of carboxylic acids is 1. The lowest BCUT2D eigenvalue weighted by molar-refractivity contribution is 0.0332. The van der Waals surface area contributed by atoms with Gasteiger partial charge in [-0.05, 0) is 36.2 Å². The van der Waals surface area contributed by atoms with E-state index in [-0.39, 0.29) is 5.56 Å². The van der Waals surface area contributed by atoms with Gasteiger partial charge in [0.2, 0.25) is 0 Å². The fourth-order valence-electron chi connectivity index (χ4n) is 3.39. The van der Waals surface area contributed by atoms with Crippen molar-refractivity contribution in [2.45, 2.75) is 13.5 Å². The first-order valence-corrected chi connectivity index (χ1v) is 9.21. The third-order valence-electron chi connectivity index (χ3n) is 4.78. The Hall–Kier alpha value is -2.41. The molecule has 27 heavy (non-hydrogen) atoms. The molecule has 7 heteroatoms. The van der Waals surface area contributed by atoms with Crippen molar-refractivity contribution in [1.82, 2.24) is 14.9 Å². The number of carboxylic acid groups (broad SMARTS) is 1. The molecule has 140 valence electrons. The Balaban J connectivity index is 1.77. The number of aromatic carboxylic acids is 1. The van der Waals surface area contributed by atoms with Crippen LogP contribution in [0.15, 0.2) is 30.3 Å². The van der Waals surface area contributed by atoms with Crippen LogP contribution in [0.25, 0.3) is 22.2 Å². The molecule has 0 radical (unpaired) electrons. The summed E-state index contributed by atoms with van der Waals surface area (Å²) >= 11 is 6.39. The summed E-state index contributed by atoms with van der Waals surface area (Å²) < 4.78 is 5.37. The zero-order chi connectivity index (χ0) is 19.0. The highest BCUT2D eigenvalue weighted by atomic mass is 35.5. The predicted molar refractivity (Wildman–Crippen MR) is 104 cm³/mol. The van der Waals surface area contributed by atoms with Crippen LogP contribution in [-0.4, -0.2) is 52.2 Å². The van der Waals surface area contributed by atoms with Crippen molar-refractivity contribution in [2.24, 2.45) is 0 Å². The first kappa shape index (κ1) is 18.0. The Bertz CT molecular complexity index is 1010. The van der Waals surface area contributed by atoms with Gasteiger partial charge in [0, 0.05) is 23.7 Å². The van der Waals surface area contributed by atoms with E-state index < -0.39 is 5.97 Å². The molecule has 0 saturated carbocycles. The molecular formula is C20H20ClN3O3. The van der Waals surface area contributed by atoms with E-state index in [9.17, 15) is 9.90 Å². The maximum Gasteiger partial charge on any atom is 0.337 e. The van der Waals surface area contributed by atoms with Crippen LogP contribution in [0.5, 0.6) is 0 Å². The number of rotatable bonds is 4. The molecule has 0 aliphatic carbocycles. The Morgan fingerprint density at radius 2 is 2.07 bits per heavy atom. The number of aryl methyl sites for hydroxylation is 1. The molecule has 6 nitrogen and oxygen atoms in total. The number of aromatic amines is 1. The molecule has 2 aromatic carbocycles. The SMILES string of the molecule is Cc1ccc(-c2cc(C(=O)O)c3nc(CN4CCOCC4)[nH]c3c2)c(Cl)c1. The number of H-pyrrole nitrogens is 1. The minimum Gasteiger partial charge on any atom is -0.478 e. The molecular weight excluding hydrogens is 366 g/mol. The number of aromatic nitrogens is 2. The lowest BCUT2D eigenvalue weighted by Crippen LogP contribution is -2.35. The van der Waals surface area contributed by atoms with Crippen LogP contribution in [0, 0.1) is 6.92 Å². The molecule has 0 bridgehead atoms. The quantitative estimate of drug-likeness (QED) is 0.715. The molecule has 1 aliphatic rings. The van der Waals surface area contributed by atoms with Gasteiger partial charge in [-0.15, -0.1) is 0 Å². The van der Waals surface area contributed by atoms with E-state index in [1.807, 2.05) is 31.2 Å². The highest BCUT2D eigenvalue weighted by molar-refractivity contribution is 6.33. The van der Waals surface area contributed by atoms with Gasteiger partial charge in [-0.25, -0.2) is 9.78 Å². The minimum absolute atomic E-state index is 0.170. The molecule has 3 aromatic rings. The number of hydrogen-bond acceptors (Lipinski definition) is 4. The number of carbonyl (C=O) groups is 1. The number of halogens is 1. The molecule has 1 aliphatic heterocycles. The van der Waals surface area contributed by atoms with E-state index in [1.54, 1.807) is 6.07 Å². The maximum absolute atomic E-state index is 11.8. The predicted octanol–water partition coefficient (Wildman–Crippen LogP) is 3.72. The topological polar surface area (TPSA) is 78.4 Å². The average Bonchev–Trinajstić information content (AvgIpc) is 3.03. The second-order valence-corrected chi connectivity index (χ2v) is 7.19. The number of imidazole rings is 1. The summed E-state index contributed by atoms with van der Waals surface area (Å²) in [7, 11) is 0. The lowest BCUT2D eigenvalue weighted by atomic mass is 10.0. The van der Waals surface area contributed by atoms with Crippen molar-refractivity contribution in [3.63, 3.8) is 0 Å². The molecule has 1 saturated heterocycles. The van der Waals surface area contributed by atoms with Gasteiger partial charge in [0.25, 0.3) is 0 Å². The summed E-state index contributed by atoms with van der Waals surface area (Å²) in [6.07, 6.45) is 0. The largest absolute Gasteiger partial charge is 0.478 e. The molecule has 4 rings (SSSR count). The van der Waals surface area contributed by atoms with Crippen molar-refractivity contribution in [2.75, 3.05) is 26.3 Å². The van der Waals surface area contributed by atoms with Crippen LogP contribution < -0.4 is 0 Å². The molecule has 1 fully saturated rings. The van der Waals surface area contributed by atoms with Crippen molar-refractivity contribution >= 4 is 28.6 Å². The summed E-state index contributed by atoms with van der Waals surface area (Å²) in [5.41, 5.74) is 3.95. The smallest absolute Gasteiger partial charge is 0.337 e. The number of morpholine rings is 1. The van der Waals surface area contributed by atoms with E-state index >= 15 is 0 Å². The van der Waals surface area contributed by atoms with Gasteiger partial charge in [0.15, 0.2) is 0 Å². The van der Waals surface area contributed by atoms with Crippen LogP contribution >= 0.6 is 11.6 Å². The molecule has 2 heterocycles. The van der Waals surface area contributed by atoms with E-state index in [2.05, 4.69) is 14.9 Å². The van der Waals surface area contributed by atoms with E-state index in [0.717, 1.165) is 35.6 Å². The first-order chi connectivity index (χ1) is 13.0. The van der Waals surface area contributed by atoms with Crippen LogP contribution in [0.4, 0.5) is 0 Å². The van der Waals surface area contributed by atoms with Crippen molar-refractivity contribution < 1.29 is 14.6 Å². The van der Waals surface area contributed by atoms with Crippen LogP contribution in [0.2, 0.25) is 5.02 Å². The molecule has 0 spiro atoms. The summed E-state index contributed by atoms with van der Waals surface area (Å²) in [5.74, 6) is -0.254. The zero-order valence-electron chi connectivity index (χ0n) is 15.0.